The van der Waals surface area contributed by atoms with E-state index >= 15 is 0 Å². The number of nitrogens with zero attached hydrogens (tertiary/aromatic N) is 6. The first-order chi connectivity index (χ1) is 13.0. The van der Waals surface area contributed by atoms with E-state index < -0.39 is 10.0 Å². The van der Waals surface area contributed by atoms with Gasteiger partial charge in [-0.3, -0.25) is 0 Å². The Morgan fingerprint density at radius 3 is 2.74 bits per heavy atom. The molecule has 0 spiro atoms. The van der Waals surface area contributed by atoms with Crippen LogP contribution in [0.3, 0.4) is 0 Å². The van der Waals surface area contributed by atoms with Gasteiger partial charge in [-0.2, -0.15) is 8.82 Å². The Bertz CT molecular complexity index is 1050. The van der Waals surface area contributed by atoms with E-state index in [0.29, 0.717) is 35.9 Å². The monoisotopic (exact) mass is 406 g/mol. The molecule has 0 saturated carbocycles. The van der Waals surface area contributed by atoms with E-state index in [1.807, 2.05) is 12.1 Å². The van der Waals surface area contributed by atoms with Crippen LogP contribution < -0.4 is 4.90 Å². The van der Waals surface area contributed by atoms with Gasteiger partial charge in [0.1, 0.15) is 12.1 Å². The fraction of sp³-hybridized carbons (Fsp3) is 0.353. The highest BCUT2D eigenvalue weighted by atomic mass is 35.5. The molecule has 4 rings (SSSR count). The zero-order valence-corrected chi connectivity index (χ0v) is 16.1. The summed E-state index contributed by atoms with van der Waals surface area (Å²) in [4.78, 5) is 2.09. The van der Waals surface area contributed by atoms with Gasteiger partial charge >= 0.3 is 0 Å². The lowest BCUT2D eigenvalue weighted by atomic mass is 10.2. The second-order valence-electron chi connectivity index (χ2n) is 6.41. The van der Waals surface area contributed by atoms with Crippen LogP contribution in [-0.2, 0) is 15.8 Å². The third kappa shape index (κ3) is 3.90. The number of benzene rings is 1. The molecule has 0 radical (unpaired) electrons. The van der Waals surface area contributed by atoms with Crippen LogP contribution in [0, 0.1) is 0 Å². The lowest BCUT2D eigenvalue weighted by molar-refractivity contribution is 0.432. The molecule has 0 N–H and O–H groups in total. The predicted molar refractivity (Wildman–Crippen MR) is 103 cm³/mol. The van der Waals surface area contributed by atoms with Crippen LogP contribution in [0.15, 0.2) is 42.7 Å². The van der Waals surface area contributed by atoms with E-state index in [0.717, 1.165) is 18.8 Å². The van der Waals surface area contributed by atoms with E-state index in [9.17, 15) is 8.42 Å². The van der Waals surface area contributed by atoms with Gasteiger partial charge in [-0.25, -0.2) is 8.42 Å². The first-order valence-corrected chi connectivity index (χ1v) is 10.6. The Hall–Kier alpha value is -2.23. The van der Waals surface area contributed by atoms with E-state index in [1.54, 1.807) is 39.4 Å². The molecule has 27 heavy (non-hydrogen) atoms. The maximum atomic E-state index is 12.9. The molecule has 1 aliphatic rings. The van der Waals surface area contributed by atoms with Crippen LogP contribution in [-0.4, -0.2) is 58.7 Å². The number of aromatic nitrogens is 4. The Balaban J connectivity index is 1.48. The molecule has 8 nitrogen and oxygen atoms in total. The van der Waals surface area contributed by atoms with Gasteiger partial charge in [-0.1, -0.05) is 29.8 Å². The van der Waals surface area contributed by atoms with Crippen molar-refractivity contribution in [2.75, 3.05) is 31.1 Å². The fourth-order valence-electron chi connectivity index (χ4n) is 3.19. The standard InChI is InChI=1S/C17H19ClN6O2S/c18-15-5-2-1-4-14(15)12-27(25,26)23-9-3-8-22(10-11-23)17-7-6-16-20-19-13-24(16)21-17/h1-2,4-7,13H,3,8-12H2. The van der Waals surface area contributed by atoms with Gasteiger partial charge in [0, 0.05) is 31.2 Å². The summed E-state index contributed by atoms with van der Waals surface area (Å²) >= 11 is 6.13. The zero-order chi connectivity index (χ0) is 18.9. The number of sulfonamides is 1. The minimum Gasteiger partial charge on any atom is -0.354 e. The topological polar surface area (TPSA) is 83.7 Å². The Labute approximate surface area is 162 Å². The largest absolute Gasteiger partial charge is 0.354 e. The van der Waals surface area contributed by atoms with Crippen molar-refractivity contribution in [2.24, 2.45) is 0 Å². The Morgan fingerprint density at radius 1 is 1.04 bits per heavy atom. The SMILES string of the molecule is O=S(=O)(Cc1ccccc1Cl)N1CCCN(c2ccc3nncn3n2)CC1. The fourth-order valence-corrected chi connectivity index (χ4v) is 5.07. The number of hydrogen-bond acceptors (Lipinski definition) is 6. The van der Waals surface area contributed by atoms with Gasteiger partial charge in [0.25, 0.3) is 0 Å². The summed E-state index contributed by atoms with van der Waals surface area (Å²) in [5, 5.41) is 12.8. The minimum atomic E-state index is -3.44. The average molecular weight is 407 g/mol. The normalized spacial score (nSPS) is 16.6. The van der Waals surface area contributed by atoms with Crippen molar-refractivity contribution in [3.63, 3.8) is 0 Å². The summed E-state index contributed by atoms with van der Waals surface area (Å²) < 4.78 is 28.9. The van der Waals surface area contributed by atoms with Crippen LogP contribution in [0.25, 0.3) is 5.65 Å². The molecule has 0 bridgehead atoms. The van der Waals surface area contributed by atoms with Crippen molar-refractivity contribution in [2.45, 2.75) is 12.2 Å². The third-order valence-electron chi connectivity index (χ3n) is 4.62. The summed E-state index contributed by atoms with van der Waals surface area (Å²) in [7, 11) is -3.44. The molecular weight excluding hydrogens is 388 g/mol. The third-order valence-corrected chi connectivity index (χ3v) is 6.81. The molecule has 0 unspecified atom stereocenters. The molecule has 10 heteroatoms. The van der Waals surface area contributed by atoms with Gasteiger partial charge < -0.3 is 4.90 Å². The van der Waals surface area contributed by atoms with Crippen LogP contribution in [0.4, 0.5) is 5.82 Å². The molecule has 3 heterocycles. The molecule has 0 aliphatic carbocycles. The van der Waals surface area contributed by atoms with Crippen LogP contribution in [0.2, 0.25) is 5.02 Å². The molecular formula is C17H19ClN6O2S. The van der Waals surface area contributed by atoms with Gasteiger partial charge in [0.15, 0.2) is 5.65 Å². The van der Waals surface area contributed by atoms with Crippen molar-refractivity contribution in [3.8, 4) is 0 Å². The molecule has 142 valence electrons. The second kappa shape index (κ2) is 7.41. The van der Waals surface area contributed by atoms with Crippen molar-refractivity contribution in [1.82, 2.24) is 24.1 Å². The lowest BCUT2D eigenvalue weighted by Gasteiger charge is -2.22. The number of anilines is 1. The van der Waals surface area contributed by atoms with Gasteiger partial charge in [0.05, 0.1) is 5.75 Å². The summed E-state index contributed by atoms with van der Waals surface area (Å²) in [6.45, 7) is 2.20. The first kappa shape index (κ1) is 18.1. The summed E-state index contributed by atoms with van der Waals surface area (Å²) in [5.41, 5.74) is 1.30. The van der Waals surface area contributed by atoms with Gasteiger partial charge in [-0.15, -0.1) is 15.3 Å². The lowest BCUT2D eigenvalue weighted by Crippen LogP contribution is -2.36. The molecule has 2 aromatic heterocycles. The van der Waals surface area contributed by atoms with Crippen LogP contribution in [0.5, 0.6) is 0 Å². The van der Waals surface area contributed by atoms with Gasteiger partial charge in [0.2, 0.25) is 10.0 Å². The second-order valence-corrected chi connectivity index (χ2v) is 8.79. The summed E-state index contributed by atoms with van der Waals surface area (Å²) in [6.07, 6.45) is 2.28. The first-order valence-electron chi connectivity index (χ1n) is 8.66. The van der Waals surface area contributed by atoms with E-state index in [2.05, 4.69) is 20.2 Å². The van der Waals surface area contributed by atoms with E-state index in [-0.39, 0.29) is 5.75 Å². The predicted octanol–water partition coefficient (Wildman–Crippen LogP) is 1.82. The zero-order valence-electron chi connectivity index (χ0n) is 14.6. The molecule has 3 aromatic rings. The molecule has 0 atom stereocenters. The molecule has 0 amide bonds. The molecule has 1 saturated heterocycles. The molecule has 1 aromatic carbocycles. The highest BCUT2D eigenvalue weighted by molar-refractivity contribution is 7.88. The Kier molecular flexibility index (Phi) is 4.98. The highest BCUT2D eigenvalue weighted by Crippen LogP contribution is 2.21. The smallest absolute Gasteiger partial charge is 0.218 e. The van der Waals surface area contributed by atoms with Crippen molar-refractivity contribution in [3.05, 3.63) is 53.3 Å². The number of halogens is 1. The highest BCUT2D eigenvalue weighted by Gasteiger charge is 2.26. The number of hydrogen-bond donors (Lipinski definition) is 0. The molecule has 1 aliphatic heterocycles. The van der Waals surface area contributed by atoms with Crippen LogP contribution >= 0.6 is 11.6 Å². The van der Waals surface area contributed by atoms with Crippen molar-refractivity contribution >= 4 is 33.1 Å². The van der Waals surface area contributed by atoms with Crippen molar-refractivity contribution < 1.29 is 8.42 Å². The van der Waals surface area contributed by atoms with Crippen molar-refractivity contribution in [1.29, 1.82) is 0 Å². The minimum absolute atomic E-state index is 0.0857. The Morgan fingerprint density at radius 2 is 1.89 bits per heavy atom. The van der Waals surface area contributed by atoms with Crippen LogP contribution in [0.1, 0.15) is 12.0 Å². The number of rotatable bonds is 4. The molecule has 1 fully saturated rings. The maximum absolute atomic E-state index is 12.9. The number of fused-ring (bicyclic) bond motifs is 1. The quantitative estimate of drug-likeness (QED) is 0.657. The van der Waals surface area contributed by atoms with Gasteiger partial charge in [-0.05, 0) is 30.2 Å². The average Bonchev–Trinajstić information content (AvgIpc) is 2.97. The van der Waals surface area contributed by atoms with E-state index in [4.69, 9.17) is 11.6 Å². The van der Waals surface area contributed by atoms with E-state index in [1.165, 1.54) is 0 Å². The maximum Gasteiger partial charge on any atom is 0.218 e. The summed E-state index contributed by atoms with van der Waals surface area (Å²) in [5.74, 6) is 0.699. The summed E-state index contributed by atoms with van der Waals surface area (Å²) in [6, 6.07) is 10.8.